The van der Waals surface area contributed by atoms with E-state index in [1.165, 1.54) is 54.9 Å². The van der Waals surface area contributed by atoms with Gasteiger partial charge >= 0.3 is 0 Å². The number of rotatable bonds is 8. The summed E-state index contributed by atoms with van der Waals surface area (Å²) in [6.07, 6.45) is 0. The highest BCUT2D eigenvalue weighted by molar-refractivity contribution is 6.06. The van der Waals surface area contributed by atoms with Gasteiger partial charge in [0, 0.05) is 27.7 Å². The van der Waals surface area contributed by atoms with Crippen molar-refractivity contribution < 1.29 is 4.42 Å². The van der Waals surface area contributed by atoms with Gasteiger partial charge in [-0.15, -0.1) is 0 Å². The lowest BCUT2D eigenvalue weighted by Gasteiger charge is -2.28. The first kappa shape index (κ1) is 37.3. The van der Waals surface area contributed by atoms with Gasteiger partial charge in [0.25, 0.3) is 0 Å². The van der Waals surface area contributed by atoms with E-state index in [1.54, 1.807) is 0 Å². The summed E-state index contributed by atoms with van der Waals surface area (Å²) in [5.74, 6) is 0. The number of hydrogen-bond acceptors (Lipinski definition) is 2. The number of fused-ring (bicyclic) bond motifs is 5. The lowest BCUT2D eigenvalue weighted by atomic mass is 9.96. The Morgan fingerprint density at radius 3 is 1.62 bits per heavy atom. The molecule has 2 nitrogen and oxygen atoms in total. The van der Waals surface area contributed by atoms with Gasteiger partial charge in [-0.05, 0) is 132 Å². The number of furan rings is 1. The van der Waals surface area contributed by atoms with Gasteiger partial charge in [-0.1, -0.05) is 188 Å². The van der Waals surface area contributed by atoms with Gasteiger partial charge in [0.1, 0.15) is 11.2 Å². The molecule has 300 valence electrons. The van der Waals surface area contributed by atoms with Crippen molar-refractivity contribution >= 4 is 60.5 Å². The lowest BCUT2D eigenvalue weighted by Crippen LogP contribution is -2.11. The Morgan fingerprint density at radius 1 is 0.250 bits per heavy atom. The summed E-state index contributed by atoms with van der Waals surface area (Å²) in [4.78, 5) is 2.39. The summed E-state index contributed by atoms with van der Waals surface area (Å²) in [5.41, 5.74) is 16.7. The fraction of sp³-hybridized carbons (Fsp3) is 0. The van der Waals surface area contributed by atoms with E-state index >= 15 is 0 Å². The SMILES string of the molecule is c1cc(-c2cccc(N(c3ccc(-c4ccc(-c5cccc6ccccc56)cc4)cc3)c3ccccc3-c3ccc4c(c3)oc3ccccc34)c2)cc(-c2ccc3ccccc3c2)c1. The molecule has 0 fully saturated rings. The molecule has 1 aromatic heterocycles. The lowest BCUT2D eigenvalue weighted by molar-refractivity contribution is 0.669. The smallest absolute Gasteiger partial charge is 0.136 e. The largest absolute Gasteiger partial charge is 0.456 e. The minimum absolute atomic E-state index is 0.879. The summed E-state index contributed by atoms with van der Waals surface area (Å²) in [5, 5.41) is 7.25. The summed E-state index contributed by atoms with van der Waals surface area (Å²) < 4.78 is 6.40. The van der Waals surface area contributed by atoms with E-state index in [-0.39, 0.29) is 0 Å². The van der Waals surface area contributed by atoms with E-state index in [2.05, 4.69) is 241 Å². The Bertz CT molecular complexity index is 3670. The summed E-state index contributed by atoms with van der Waals surface area (Å²) in [6.45, 7) is 0. The standard InChI is InChI=1S/C62H41NO/c1-2-14-47-38-51(31-28-42(47)12-1)49-17-9-16-48(39-49)50-18-10-19-54(40-50)63(60-24-7-5-21-57(60)52-34-37-59-58-22-6-8-25-61(58)64-62(59)41-52)53-35-32-44(33-36-53)43-26-29-46(30-27-43)56-23-11-15-45-13-3-4-20-55(45)56/h1-41H. The third kappa shape index (κ3) is 6.79. The third-order valence-electron chi connectivity index (χ3n) is 12.7. The molecule has 0 unspecified atom stereocenters. The van der Waals surface area contributed by atoms with Crippen molar-refractivity contribution in [3.05, 3.63) is 249 Å². The molecule has 0 aliphatic carbocycles. The zero-order chi connectivity index (χ0) is 42.4. The van der Waals surface area contributed by atoms with Crippen LogP contribution in [0.1, 0.15) is 0 Å². The van der Waals surface area contributed by atoms with Crippen molar-refractivity contribution in [2.45, 2.75) is 0 Å². The molecule has 0 aliphatic rings. The van der Waals surface area contributed by atoms with Crippen molar-refractivity contribution in [3.63, 3.8) is 0 Å². The topological polar surface area (TPSA) is 16.4 Å². The molecule has 0 aliphatic heterocycles. The van der Waals surface area contributed by atoms with E-state index in [1.807, 2.05) is 12.1 Å². The molecule has 0 radical (unpaired) electrons. The van der Waals surface area contributed by atoms with Crippen molar-refractivity contribution in [1.29, 1.82) is 0 Å². The van der Waals surface area contributed by atoms with Gasteiger partial charge in [-0.3, -0.25) is 0 Å². The zero-order valence-electron chi connectivity index (χ0n) is 35.0. The van der Waals surface area contributed by atoms with Crippen LogP contribution in [0.3, 0.4) is 0 Å². The van der Waals surface area contributed by atoms with E-state index in [9.17, 15) is 0 Å². The molecule has 0 saturated carbocycles. The summed E-state index contributed by atoms with van der Waals surface area (Å²) in [7, 11) is 0. The Kier molecular flexibility index (Phi) is 9.20. The molecule has 0 bridgehead atoms. The Labute approximate surface area is 372 Å². The molecule has 12 aromatic rings. The highest BCUT2D eigenvalue weighted by atomic mass is 16.3. The molecular formula is C62H41NO. The minimum atomic E-state index is 0.879. The molecule has 1 heterocycles. The van der Waals surface area contributed by atoms with Gasteiger partial charge < -0.3 is 9.32 Å². The van der Waals surface area contributed by atoms with Crippen LogP contribution in [0.2, 0.25) is 0 Å². The van der Waals surface area contributed by atoms with Crippen LogP contribution in [0, 0.1) is 0 Å². The zero-order valence-corrected chi connectivity index (χ0v) is 35.0. The van der Waals surface area contributed by atoms with Gasteiger partial charge in [0.15, 0.2) is 0 Å². The van der Waals surface area contributed by atoms with Crippen LogP contribution < -0.4 is 4.90 Å². The van der Waals surface area contributed by atoms with Crippen LogP contribution in [0.25, 0.3) is 99.1 Å². The summed E-state index contributed by atoms with van der Waals surface area (Å²) >= 11 is 0. The fourth-order valence-corrected chi connectivity index (χ4v) is 9.43. The molecule has 0 atom stereocenters. The van der Waals surface area contributed by atoms with Gasteiger partial charge in [-0.2, -0.15) is 0 Å². The molecule has 0 saturated heterocycles. The quantitative estimate of drug-likeness (QED) is 0.152. The summed E-state index contributed by atoms with van der Waals surface area (Å²) in [6, 6.07) is 89.8. The molecule has 11 aromatic carbocycles. The highest BCUT2D eigenvalue weighted by Crippen LogP contribution is 2.44. The number of anilines is 3. The van der Waals surface area contributed by atoms with Crippen LogP contribution >= 0.6 is 0 Å². The Balaban J connectivity index is 0.947. The number of hydrogen-bond donors (Lipinski definition) is 0. The molecule has 12 rings (SSSR count). The molecule has 0 N–H and O–H groups in total. The first-order valence-corrected chi connectivity index (χ1v) is 21.9. The van der Waals surface area contributed by atoms with E-state index in [0.29, 0.717) is 0 Å². The normalized spacial score (nSPS) is 11.4. The first-order valence-electron chi connectivity index (χ1n) is 21.9. The second-order valence-corrected chi connectivity index (χ2v) is 16.5. The Morgan fingerprint density at radius 2 is 0.797 bits per heavy atom. The maximum Gasteiger partial charge on any atom is 0.136 e. The third-order valence-corrected chi connectivity index (χ3v) is 12.7. The molecule has 2 heteroatoms. The monoisotopic (exact) mass is 815 g/mol. The second kappa shape index (κ2) is 15.8. The molecule has 64 heavy (non-hydrogen) atoms. The van der Waals surface area contributed by atoms with E-state index in [0.717, 1.165) is 61.3 Å². The van der Waals surface area contributed by atoms with Crippen LogP contribution in [0.5, 0.6) is 0 Å². The Hall–Kier alpha value is -8.46. The minimum Gasteiger partial charge on any atom is -0.456 e. The predicted octanol–water partition coefficient (Wildman–Crippen LogP) is 17.7. The van der Waals surface area contributed by atoms with Crippen LogP contribution in [0.4, 0.5) is 17.1 Å². The van der Waals surface area contributed by atoms with Gasteiger partial charge in [0.2, 0.25) is 0 Å². The van der Waals surface area contributed by atoms with Crippen LogP contribution in [0.15, 0.2) is 253 Å². The second-order valence-electron chi connectivity index (χ2n) is 16.5. The van der Waals surface area contributed by atoms with Crippen molar-refractivity contribution in [1.82, 2.24) is 0 Å². The average molecular weight is 816 g/mol. The maximum absolute atomic E-state index is 6.40. The fourth-order valence-electron chi connectivity index (χ4n) is 9.43. The predicted molar refractivity (Wildman–Crippen MR) is 271 cm³/mol. The first-order chi connectivity index (χ1) is 31.7. The molecule has 0 spiro atoms. The van der Waals surface area contributed by atoms with Crippen molar-refractivity contribution in [2.24, 2.45) is 0 Å². The number of para-hydroxylation sites is 2. The van der Waals surface area contributed by atoms with E-state index < -0.39 is 0 Å². The number of nitrogens with zero attached hydrogens (tertiary/aromatic N) is 1. The average Bonchev–Trinajstić information content (AvgIpc) is 3.75. The molecule has 0 amide bonds. The van der Waals surface area contributed by atoms with Crippen LogP contribution in [-0.2, 0) is 0 Å². The maximum atomic E-state index is 6.40. The highest BCUT2D eigenvalue weighted by Gasteiger charge is 2.19. The molecular weight excluding hydrogens is 775 g/mol. The van der Waals surface area contributed by atoms with E-state index in [4.69, 9.17) is 4.42 Å². The van der Waals surface area contributed by atoms with Gasteiger partial charge in [0.05, 0.1) is 5.69 Å². The van der Waals surface area contributed by atoms with Crippen LogP contribution in [-0.4, -0.2) is 0 Å². The van der Waals surface area contributed by atoms with Gasteiger partial charge in [-0.25, -0.2) is 0 Å². The van der Waals surface area contributed by atoms with Crippen molar-refractivity contribution in [2.75, 3.05) is 4.90 Å². The number of benzene rings is 11. The van der Waals surface area contributed by atoms with Crippen molar-refractivity contribution in [3.8, 4) is 55.6 Å².